The highest BCUT2D eigenvalue weighted by Gasteiger charge is 2.44. The zero-order chi connectivity index (χ0) is 22.6. The van der Waals surface area contributed by atoms with Gasteiger partial charge in [0.25, 0.3) is 5.92 Å². The molecule has 0 bridgehead atoms. The third-order valence-electron chi connectivity index (χ3n) is 6.44. The Kier molecular flexibility index (Phi) is 4.92. The summed E-state index contributed by atoms with van der Waals surface area (Å²) < 4.78 is 45.1. The monoisotopic (exact) mass is 444 g/mol. The topological polar surface area (TPSA) is 84.7 Å². The molecule has 3 aromatic rings. The summed E-state index contributed by atoms with van der Waals surface area (Å²) in [5.74, 6) is -5.16. The van der Waals surface area contributed by atoms with Crippen molar-refractivity contribution in [3.63, 3.8) is 0 Å². The summed E-state index contributed by atoms with van der Waals surface area (Å²) in [6, 6.07) is 4.37. The maximum absolute atomic E-state index is 14.6. The van der Waals surface area contributed by atoms with Gasteiger partial charge in [-0.05, 0) is 50.6 Å². The number of anilines is 1. The van der Waals surface area contributed by atoms with Crippen molar-refractivity contribution in [3.8, 4) is 11.4 Å². The predicted molar refractivity (Wildman–Crippen MR) is 113 cm³/mol. The van der Waals surface area contributed by atoms with Gasteiger partial charge >= 0.3 is 0 Å². The Bertz CT molecular complexity index is 1200. The number of amides is 1. The van der Waals surface area contributed by atoms with Crippen LogP contribution in [0.2, 0.25) is 0 Å². The molecule has 3 atom stereocenters. The van der Waals surface area contributed by atoms with Crippen LogP contribution in [-0.2, 0) is 4.79 Å². The quantitative estimate of drug-likeness (QED) is 0.641. The number of benzene rings is 1. The van der Waals surface area contributed by atoms with E-state index in [-0.39, 0.29) is 35.5 Å². The Hall–Kier alpha value is -3.01. The van der Waals surface area contributed by atoms with E-state index < -0.39 is 23.6 Å². The average Bonchev–Trinajstić information content (AvgIpc) is 3.10. The van der Waals surface area contributed by atoms with Gasteiger partial charge in [-0.25, -0.2) is 23.1 Å². The lowest BCUT2D eigenvalue weighted by molar-refractivity contribution is -0.119. The van der Waals surface area contributed by atoms with Gasteiger partial charge in [0, 0.05) is 17.4 Å². The van der Waals surface area contributed by atoms with Crippen molar-refractivity contribution in [2.45, 2.75) is 44.6 Å². The first kappa shape index (κ1) is 20.9. The number of hydrogen-bond acceptors (Lipinski definition) is 5. The lowest BCUT2D eigenvalue weighted by atomic mass is 9.85. The number of carbonyl (C=O) groups excluding carboxylic acids is 1. The van der Waals surface area contributed by atoms with Crippen molar-refractivity contribution in [1.29, 1.82) is 0 Å². The number of rotatable bonds is 3. The first-order valence-electron chi connectivity index (χ1n) is 10.7. The van der Waals surface area contributed by atoms with Gasteiger partial charge in [-0.2, -0.15) is 5.10 Å². The van der Waals surface area contributed by atoms with Gasteiger partial charge in [-0.1, -0.05) is 6.92 Å². The summed E-state index contributed by atoms with van der Waals surface area (Å²) in [6.07, 6.45) is 1.66. The van der Waals surface area contributed by atoms with Crippen LogP contribution in [0.3, 0.4) is 0 Å². The third-order valence-corrected chi connectivity index (χ3v) is 6.44. The maximum Gasteiger partial charge on any atom is 0.252 e. The fourth-order valence-electron chi connectivity index (χ4n) is 4.82. The van der Waals surface area contributed by atoms with Crippen LogP contribution in [0, 0.1) is 11.7 Å². The second-order valence-corrected chi connectivity index (χ2v) is 8.74. The van der Waals surface area contributed by atoms with Crippen molar-refractivity contribution in [2.75, 3.05) is 18.4 Å². The van der Waals surface area contributed by atoms with E-state index in [0.717, 1.165) is 26.4 Å². The normalized spacial score (nSPS) is 23.8. The van der Waals surface area contributed by atoms with Crippen LogP contribution in [0.1, 0.15) is 44.2 Å². The summed E-state index contributed by atoms with van der Waals surface area (Å²) in [5, 5.41) is 11.3. The van der Waals surface area contributed by atoms with Crippen molar-refractivity contribution < 1.29 is 18.0 Å². The first-order chi connectivity index (χ1) is 15.2. The zero-order valence-corrected chi connectivity index (χ0v) is 17.7. The van der Waals surface area contributed by atoms with E-state index in [9.17, 15) is 18.0 Å². The Balaban J connectivity index is 1.75. The standard InChI is InChI=1S/C22H23F3N6O/c1-11-9-26-6-5-15(11)31-16-7-12(23)3-4-13(16)19(30-31)20-18-14(22(2,24)25)8-17(32)29-21(18)28-10-27-20/h3-4,7,10-11,14-15,26H,5-6,8-9H2,1-2H3,(H,27,28,29,32)/t11-,14-,15+/m1/s1. The fourth-order valence-corrected chi connectivity index (χ4v) is 4.82. The maximum atomic E-state index is 14.6. The number of fused-ring (bicyclic) bond motifs is 2. The van der Waals surface area contributed by atoms with Gasteiger partial charge in [-0.3, -0.25) is 9.48 Å². The van der Waals surface area contributed by atoms with Gasteiger partial charge in [0.1, 0.15) is 29.4 Å². The number of nitrogens with zero attached hydrogens (tertiary/aromatic N) is 4. The molecule has 1 saturated heterocycles. The number of piperidine rings is 1. The largest absolute Gasteiger partial charge is 0.316 e. The lowest BCUT2D eigenvalue weighted by Gasteiger charge is -2.30. The Labute approximate surface area is 182 Å². The van der Waals surface area contributed by atoms with E-state index >= 15 is 0 Å². The van der Waals surface area contributed by atoms with Crippen LogP contribution in [-0.4, -0.2) is 44.7 Å². The van der Waals surface area contributed by atoms with Crippen molar-refractivity contribution in [2.24, 2.45) is 5.92 Å². The molecule has 0 radical (unpaired) electrons. The summed E-state index contributed by atoms with van der Waals surface area (Å²) in [7, 11) is 0. The predicted octanol–water partition coefficient (Wildman–Crippen LogP) is 3.88. The smallest absolute Gasteiger partial charge is 0.252 e. The second kappa shape index (κ2) is 7.54. The van der Waals surface area contributed by atoms with Crippen molar-refractivity contribution >= 4 is 22.6 Å². The van der Waals surface area contributed by atoms with Crippen molar-refractivity contribution in [3.05, 3.63) is 35.9 Å². The van der Waals surface area contributed by atoms with Crippen LogP contribution >= 0.6 is 0 Å². The Morgan fingerprint density at radius 1 is 1.22 bits per heavy atom. The number of halogens is 3. The molecule has 2 N–H and O–H groups in total. The van der Waals surface area contributed by atoms with Crippen LogP contribution in [0.4, 0.5) is 19.0 Å². The Morgan fingerprint density at radius 2 is 2.03 bits per heavy atom. The highest BCUT2D eigenvalue weighted by molar-refractivity contribution is 5.98. The number of carbonyl (C=O) groups is 1. The molecule has 32 heavy (non-hydrogen) atoms. The summed E-state index contributed by atoms with van der Waals surface area (Å²) >= 11 is 0. The summed E-state index contributed by atoms with van der Waals surface area (Å²) in [6.45, 7) is 4.49. The summed E-state index contributed by atoms with van der Waals surface area (Å²) in [5.41, 5.74) is 1.37. The Morgan fingerprint density at radius 3 is 2.78 bits per heavy atom. The molecular weight excluding hydrogens is 421 g/mol. The van der Waals surface area contributed by atoms with E-state index in [4.69, 9.17) is 5.10 Å². The molecule has 1 aromatic carbocycles. The molecule has 168 valence electrons. The van der Waals surface area contributed by atoms with E-state index in [0.29, 0.717) is 16.6 Å². The minimum Gasteiger partial charge on any atom is -0.316 e. The minimum absolute atomic E-state index is 0.0232. The molecule has 0 spiro atoms. The van der Waals surface area contributed by atoms with Gasteiger partial charge < -0.3 is 10.6 Å². The molecule has 10 heteroatoms. The van der Waals surface area contributed by atoms with Crippen LogP contribution in [0.25, 0.3) is 22.3 Å². The zero-order valence-electron chi connectivity index (χ0n) is 17.7. The lowest BCUT2D eigenvalue weighted by Crippen LogP contribution is -2.36. The molecule has 2 aliphatic heterocycles. The fraction of sp³-hybridized carbons (Fsp3) is 0.455. The molecule has 1 fully saturated rings. The van der Waals surface area contributed by atoms with Crippen LogP contribution < -0.4 is 10.6 Å². The number of nitrogens with one attached hydrogen (secondary N) is 2. The highest BCUT2D eigenvalue weighted by Crippen LogP contribution is 2.46. The molecule has 0 unspecified atom stereocenters. The number of hydrogen-bond donors (Lipinski definition) is 2. The molecule has 2 aromatic heterocycles. The molecule has 5 rings (SSSR count). The van der Waals surface area contributed by atoms with Crippen LogP contribution in [0.15, 0.2) is 24.5 Å². The molecular formula is C22H23F3N6O. The number of alkyl halides is 2. The first-order valence-corrected chi connectivity index (χ1v) is 10.7. The molecule has 0 saturated carbocycles. The van der Waals surface area contributed by atoms with E-state index in [1.165, 1.54) is 18.5 Å². The molecule has 7 nitrogen and oxygen atoms in total. The molecule has 0 aliphatic carbocycles. The molecule has 4 heterocycles. The SMILES string of the molecule is C[C@@H]1CNCC[C@@H]1n1nc(-c2ncnc3c2[C@H](C(C)(F)F)CC(=O)N3)c2ccc(F)cc21. The minimum atomic E-state index is -3.17. The number of aromatic nitrogens is 4. The van der Waals surface area contributed by atoms with E-state index in [1.54, 1.807) is 10.7 Å². The van der Waals surface area contributed by atoms with E-state index in [2.05, 4.69) is 27.5 Å². The van der Waals surface area contributed by atoms with Gasteiger partial charge in [-0.15, -0.1) is 0 Å². The summed E-state index contributed by atoms with van der Waals surface area (Å²) in [4.78, 5) is 20.4. The second-order valence-electron chi connectivity index (χ2n) is 8.74. The molecule has 2 aliphatic rings. The molecule has 1 amide bonds. The van der Waals surface area contributed by atoms with Gasteiger partial charge in [0.2, 0.25) is 5.91 Å². The van der Waals surface area contributed by atoms with Crippen LogP contribution in [0.5, 0.6) is 0 Å². The highest BCUT2D eigenvalue weighted by atomic mass is 19.3. The van der Waals surface area contributed by atoms with Crippen molar-refractivity contribution in [1.82, 2.24) is 25.1 Å². The van der Waals surface area contributed by atoms with Gasteiger partial charge in [0.15, 0.2) is 0 Å². The average molecular weight is 444 g/mol. The van der Waals surface area contributed by atoms with Gasteiger partial charge in [0.05, 0.1) is 17.5 Å². The third kappa shape index (κ3) is 3.42. The van der Waals surface area contributed by atoms with E-state index in [1.807, 2.05) is 0 Å².